The summed E-state index contributed by atoms with van der Waals surface area (Å²) in [5.74, 6) is 0.817. The van der Waals surface area contributed by atoms with Gasteiger partial charge in [0.05, 0.1) is 23.1 Å². The third-order valence-electron chi connectivity index (χ3n) is 5.13. The number of aryl methyl sites for hydroxylation is 2. The topological polar surface area (TPSA) is 116 Å². The minimum absolute atomic E-state index is 0.125. The normalized spacial score (nSPS) is 13.1. The Bertz CT molecular complexity index is 1140. The molecular weight excluding hydrogens is 434 g/mol. The van der Waals surface area contributed by atoms with Crippen LogP contribution < -0.4 is 11.1 Å². The highest BCUT2D eigenvalue weighted by molar-refractivity contribution is 7.99. The molecule has 3 N–H and O–H groups in total. The monoisotopic (exact) mass is 457 g/mol. The lowest BCUT2D eigenvalue weighted by atomic mass is 9.95. The first kappa shape index (κ1) is 21.4. The van der Waals surface area contributed by atoms with Crippen molar-refractivity contribution in [2.45, 2.75) is 44.3 Å². The molecule has 0 atom stereocenters. The highest BCUT2D eigenvalue weighted by Crippen LogP contribution is 2.38. The Hall–Kier alpha value is -2.85. The third-order valence-corrected chi connectivity index (χ3v) is 7.31. The van der Waals surface area contributed by atoms with Gasteiger partial charge in [-0.2, -0.15) is 0 Å². The third kappa shape index (κ3) is 4.31. The molecule has 0 unspecified atom stereocenters. The summed E-state index contributed by atoms with van der Waals surface area (Å²) in [6.45, 7) is 6.16. The van der Waals surface area contributed by atoms with E-state index in [1.54, 1.807) is 12.3 Å². The molecule has 3 heterocycles. The first-order chi connectivity index (χ1) is 15.0. The number of nitrogens with one attached hydrogen (secondary N) is 1. The molecule has 162 valence electrons. The van der Waals surface area contributed by atoms with Crippen LogP contribution in [0.5, 0.6) is 0 Å². The number of aromatic nitrogens is 3. The van der Waals surface area contributed by atoms with Gasteiger partial charge in [-0.3, -0.25) is 14.2 Å². The van der Waals surface area contributed by atoms with E-state index in [9.17, 15) is 9.59 Å². The average molecular weight is 458 g/mol. The van der Waals surface area contributed by atoms with Crippen molar-refractivity contribution in [3.05, 3.63) is 46.7 Å². The van der Waals surface area contributed by atoms with Gasteiger partial charge in [-0.05, 0) is 44.2 Å². The zero-order chi connectivity index (χ0) is 22.0. The van der Waals surface area contributed by atoms with E-state index in [1.165, 1.54) is 23.1 Å². The van der Waals surface area contributed by atoms with E-state index >= 15 is 0 Å². The summed E-state index contributed by atoms with van der Waals surface area (Å²) in [7, 11) is 0. The smallest absolute Gasteiger partial charge is 0.251 e. The molecule has 8 nitrogen and oxygen atoms in total. The second-order valence-electron chi connectivity index (χ2n) is 7.21. The number of thioether (sulfide) groups is 1. The van der Waals surface area contributed by atoms with Crippen LogP contribution in [0.15, 0.2) is 34.6 Å². The zero-order valence-electron chi connectivity index (χ0n) is 17.1. The number of hydrogen-bond donors (Lipinski definition) is 2. The van der Waals surface area contributed by atoms with Crippen LogP contribution in [0.3, 0.4) is 0 Å². The van der Waals surface area contributed by atoms with E-state index in [0.717, 1.165) is 47.4 Å². The van der Waals surface area contributed by atoms with Crippen molar-refractivity contribution in [3.63, 3.8) is 0 Å². The van der Waals surface area contributed by atoms with Gasteiger partial charge < -0.3 is 15.5 Å². The fraction of sp³-hybridized carbons (Fsp3) is 0.333. The van der Waals surface area contributed by atoms with E-state index in [0.29, 0.717) is 28.1 Å². The van der Waals surface area contributed by atoms with Crippen molar-refractivity contribution >= 4 is 39.9 Å². The maximum atomic E-state index is 12.7. The molecule has 0 radical (unpaired) electrons. The van der Waals surface area contributed by atoms with Crippen LogP contribution in [0.2, 0.25) is 0 Å². The fourth-order valence-electron chi connectivity index (χ4n) is 3.71. The Morgan fingerprint density at radius 2 is 2.19 bits per heavy atom. The Kier molecular flexibility index (Phi) is 6.28. The van der Waals surface area contributed by atoms with Gasteiger partial charge in [0.2, 0.25) is 5.91 Å². The summed E-state index contributed by atoms with van der Waals surface area (Å²) in [4.78, 5) is 25.8. The average Bonchev–Trinajstić information content (AvgIpc) is 3.43. The molecule has 0 saturated heterocycles. The number of nitrogens with two attached hydrogens (primary N) is 1. The van der Waals surface area contributed by atoms with Gasteiger partial charge in [0.15, 0.2) is 11.0 Å². The molecule has 0 spiro atoms. The maximum absolute atomic E-state index is 12.7. The van der Waals surface area contributed by atoms with E-state index < -0.39 is 5.91 Å². The molecule has 31 heavy (non-hydrogen) atoms. The molecule has 3 aromatic heterocycles. The van der Waals surface area contributed by atoms with E-state index in [4.69, 9.17) is 10.2 Å². The standard InChI is InChI=1S/C21H23N5O3S2/c1-3-9-26-19(13-8-10-29-12(13)2)24-25-21(26)30-11-16(27)23-20-17(18(22)28)14-6-4-5-7-15(14)31-20/h3,8,10H,1,4-7,9,11H2,2H3,(H2,22,28)(H,23,27). The number of primary amides is 1. The lowest BCUT2D eigenvalue weighted by Crippen LogP contribution is -2.19. The number of carbonyl (C=O) groups is 2. The van der Waals surface area contributed by atoms with Crippen molar-refractivity contribution in [2.75, 3.05) is 11.1 Å². The summed E-state index contributed by atoms with van der Waals surface area (Å²) >= 11 is 2.73. The van der Waals surface area contributed by atoms with Crippen molar-refractivity contribution in [1.82, 2.24) is 14.8 Å². The van der Waals surface area contributed by atoms with Gasteiger partial charge in [-0.25, -0.2) is 0 Å². The summed E-state index contributed by atoms with van der Waals surface area (Å²) in [6, 6.07) is 1.84. The fourth-order valence-corrected chi connectivity index (χ4v) is 5.77. The molecule has 0 saturated carbocycles. The number of carbonyl (C=O) groups excluding carboxylic acids is 2. The van der Waals surface area contributed by atoms with Gasteiger partial charge in [0, 0.05) is 11.4 Å². The summed E-state index contributed by atoms with van der Waals surface area (Å²) in [5.41, 5.74) is 7.92. The number of furan rings is 1. The number of anilines is 1. The molecule has 0 aromatic carbocycles. The summed E-state index contributed by atoms with van der Waals surface area (Å²) < 4.78 is 7.27. The molecule has 3 aromatic rings. The Labute approximate surface area is 187 Å². The van der Waals surface area contributed by atoms with Gasteiger partial charge >= 0.3 is 0 Å². The Balaban J connectivity index is 1.49. The number of thiophene rings is 1. The van der Waals surface area contributed by atoms with E-state index in [1.807, 2.05) is 17.6 Å². The first-order valence-corrected chi connectivity index (χ1v) is 11.7. The largest absolute Gasteiger partial charge is 0.469 e. The lowest BCUT2D eigenvalue weighted by Gasteiger charge is -2.11. The van der Waals surface area contributed by atoms with Gasteiger partial charge in [-0.15, -0.1) is 28.1 Å². The molecule has 4 rings (SSSR count). The van der Waals surface area contributed by atoms with Crippen LogP contribution in [-0.2, 0) is 24.2 Å². The van der Waals surface area contributed by atoms with Crippen molar-refractivity contribution in [3.8, 4) is 11.4 Å². The summed E-state index contributed by atoms with van der Waals surface area (Å²) in [6.07, 6.45) is 7.23. The van der Waals surface area contributed by atoms with Crippen molar-refractivity contribution in [2.24, 2.45) is 5.73 Å². The molecular formula is C21H23N5O3S2. The highest BCUT2D eigenvalue weighted by Gasteiger charge is 2.25. The number of fused-ring (bicyclic) bond motifs is 1. The molecule has 0 fully saturated rings. The number of amides is 2. The minimum atomic E-state index is -0.492. The number of rotatable bonds is 8. The number of nitrogens with zero attached hydrogens (tertiary/aromatic N) is 3. The van der Waals surface area contributed by atoms with Crippen molar-refractivity contribution < 1.29 is 14.0 Å². The molecule has 1 aliphatic carbocycles. The zero-order valence-corrected chi connectivity index (χ0v) is 18.8. The quantitative estimate of drug-likeness (QED) is 0.393. The second-order valence-corrected chi connectivity index (χ2v) is 9.26. The minimum Gasteiger partial charge on any atom is -0.469 e. The van der Waals surface area contributed by atoms with Crippen LogP contribution in [-0.4, -0.2) is 32.3 Å². The second kappa shape index (κ2) is 9.11. The van der Waals surface area contributed by atoms with Crippen LogP contribution in [0.1, 0.15) is 39.4 Å². The van der Waals surface area contributed by atoms with Crippen LogP contribution in [0.25, 0.3) is 11.4 Å². The predicted molar refractivity (Wildman–Crippen MR) is 121 cm³/mol. The summed E-state index contributed by atoms with van der Waals surface area (Å²) in [5, 5.41) is 12.6. The SMILES string of the molecule is C=CCn1c(SCC(=O)Nc2sc3c(c2C(N)=O)CCCC3)nnc1-c1ccoc1C. The van der Waals surface area contributed by atoms with Crippen molar-refractivity contribution in [1.29, 1.82) is 0 Å². The molecule has 0 aliphatic heterocycles. The Morgan fingerprint density at radius 3 is 2.90 bits per heavy atom. The Morgan fingerprint density at radius 1 is 1.39 bits per heavy atom. The predicted octanol–water partition coefficient (Wildman–Crippen LogP) is 3.80. The highest BCUT2D eigenvalue weighted by atomic mass is 32.2. The van der Waals surface area contributed by atoms with Gasteiger partial charge in [0.25, 0.3) is 5.91 Å². The maximum Gasteiger partial charge on any atom is 0.251 e. The van der Waals surface area contributed by atoms with Gasteiger partial charge in [-0.1, -0.05) is 17.8 Å². The van der Waals surface area contributed by atoms with Crippen LogP contribution in [0.4, 0.5) is 5.00 Å². The number of allylic oxidation sites excluding steroid dienone is 1. The molecule has 10 heteroatoms. The van der Waals surface area contributed by atoms with Crippen LogP contribution in [0, 0.1) is 6.92 Å². The molecule has 1 aliphatic rings. The van der Waals surface area contributed by atoms with Gasteiger partial charge in [0.1, 0.15) is 10.8 Å². The van der Waals surface area contributed by atoms with Crippen LogP contribution >= 0.6 is 23.1 Å². The molecule has 0 bridgehead atoms. The lowest BCUT2D eigenvalue weighted by molar-refractivity contribution is -0.113. The van der Waals surface area contributed by atoms with E-state index in [2.05, 4.69) is 22.1 Å². The first-order valence-electron chi connectivity index (χ1n) is 9.95. The molecule has 2 amide bonds. The van der Waals surface area contributed by atoms with E-state index in [-0.39, 0.29) is 11.7 Å². The number of hydrogen-bond acceptors (Lipinski definition) is 7.